The zero-order valence-electron chi connectivity index (χ0n) is 18.4. The van der Waals surface area contributed by atoms with Crippen molar-refractivity contribution in [3.05, 3.63) is 82.1 Å². The second-order valence-electron chi connectivity index (χ2n) is 9.26. The van der Waals surface area contributed by atoms with Crippen LogP contribution in [0.3, 0.4) is 0 Å². The molecule has 1 aliphatic carbocycles. The van der Waals surface area contributed by atoms with Gasteiger partial charge in [-0.2, -0.15) is 5.10 Å². The topological polar surface area (TPSA) is 58.4 Å². The van der Waals surface area contributed by atoms with E-state index in [0.29, 0.717) is 35.3 Å². The number of para-hydroxylation sites is 1. The monoisotopic (exact) mass is 460 g/mol. The Morgan fingerprint density at radius 1 is 1.03 bits per heavy atom. The van der Waals surface area contributed by atoms with E-state index < -0.39 is 0 Å². The molecule has 2 fully saturated rings. The lowest BCUT2D eigenvalue weighted by Gasteiger charge is -2.31. The number of fused-ring (bicyclic) bond motifs is 1. The second-order valence-corrected chi connectivity index (χ2v) is 9.67. The molecule has 0 N–H and O–H groups in total. The van der Waals surface area contributed by atoms with Crippen LogP contribution in [0, 0.1) is 12.8 Å². The van der Waals surface area contributed by atoms with Gasteiger partial charge in [0.1, 0.15) is 5.69 Å². The minimum atomic E-state index is -0.0677. The summed E-state index contributed by atoms with van der Waals surface area (Å²) in [7, 11) is 0. The van der Waals surface area contributed by atoms with Crippen LogP contribution in [0.5, 0.6) is 0 Å². The van der Waals surface area contributed by atoms with Gasteiger partial charge in [-0.15, -0.1) is 0 Å². The van der Waals surface area contributed by atoms with Crippen LogP contribution in [0.15, 0.2) is 54.6 Å². The average molecular weight is 461 g/mol. The highest BCUT2D eigenvalue weighted by molar-refractivity contribution is 6.33. The molecule has 3 aromatic rings. The number of carbonyl (C=O) groups is 2. The largest absolute Gasteiger partial charge is 0.336 e. The predicted molar refractivity (Wildman–Crippen MR) is 126 cm³/mol. The number of nitrogens with zero attached hydrogens (tertiary/aromatic N) is 4. The molecule has 0 radical (unpaired) electrons. The fourth-order valence-electron chi connectivity index (χ4n) is 5.47. The summed E-state index contributed by atoms with van der Waals surface area (Å²) < 4.78 is 1.81. The first kappa shape index (κ1) is 20.5. The van der Waals surface area contributed by atoms with E-state index >= 15 is 0 Å². The standard InChI is InChI=1S/C26H25ClN4O2/c1-16-22-23(17-11-12-17)30(26(33)24(22)31(28-16)18-7-3-2-4-8-18)19-13-14-29(15-19)25(32)20-9-5-6-10-21(20)27/h2-10,17,19,23H,11-15H2,1H3. The molecule has 3 aliphatic rings. The molecule has 33 heavy (non-hydrogen) atoms. The molecule has 2 amide bonds. The summed E-state index contributed by atoms with van der Waals surface area (Å²) in [6, 6.07) is 17.0. The van der Waals surface area contributed by atoms with Crippen molar-refractivity contribution in [3.63, 3.8) is 0 Å². The van der Waals surface area contributed by atoms with Crippen molar-refractivity contribution in [3.8, 4) is 5.69 Å². The number of amides is 2. The number of aryl methyl sites for hydroxylation is 1. The Hall–Kier alpha value is -3.12. The number of likely N-dealkylation sites (tertiary alicyclic amines) is 1. The molecule has 1 saturated heterocycles. The van der Waals surface area contributed by atoms with Gasteiger partial charge < -0.3 is 9.80 Å². The van der Waals surface area contributed by atoms with Crippen LogP contribution in [-0.2, 0) is 0 Å². The molecule has 6 nitrogen and oxygen atoms in total. The number of rotatable bonds is 4. The summed E-state index contributed by atoms with van der Waals surface area (Å²) in [5.41, 5.74) is 4.09. The third-order valence-electron chi connectivity index (χ3n) is 7.16. The van der Waals surface area contributed by atoms with Crippen LogP contribution >= 0.6 is 11.6 Å². The Morgan fingerprint density at radius 2 is 1.76 bits per heavy atom. The van der Waals surface area contributed by atoms with Gasteiger partial charge in [0.25, 0.3) is 11.8 Å². The van der Waals surface area contributed by atoms with Crippen LogP contribution < -0.4 is 0 Å². The highest BCUT2D eigenvalue weighted by Gasteiger charge is 2.52. The summed E-state index contributed by atoms with van der Waals surface area (Å²) >= 11 is 6.27. The lowest BCUT2D eigenvalue weighted by Crippen LogP contribution is -2.42. The van der Waals surface area contributed by atoms with Crippen molar-refractivity contribution in [1.82, 2.24) is 19.6 Å². The third kappa shape index (κ3) is 3.27. The van der Waals surface area contributed by atoms with E-state index in [4.69, 9.17) is 16.7 Å². The van der Waals surface area contributed by atoms with Gasteiger partial charge in [0.05, 0.1) is 34.1 Å². The van der Waals surface area contributed by atoms with Gasteiger partial charge in [0.15, 0.2) is 0 Å². The Balaban J connectivity index is 1.32. The van der Waals surface area contributed by atoms with Crippen LogP contribution in [0.1, 0.15) is 57.4 Å². The fourth-order valence-corrected chi connectivity index (χ4v) is 5.69. The number of carbonyl (C=O) groups excluding carboxylic acids is 2. The van der Waals surface area contributed by atoms with E-state index in [1.54, 1.807) is 12.1 Å². The predicted octanol–water partition coefficient (Wildman–Crippen LogP) is 4.66. The molecule has 0 bridgehead atoms. The summed E-state index contributed by atoms with van der Waals surface area (Å²) in [4.78, 5) is 30.9. The molecule has 3 heterocycles. The number of halogens is 1. The molecular formula is C26H25ClN4O2. The Kier molecular flexibility index (Phi) is 4.80. The van der Waals surface area contributed by atoms with E-state index in [2.05, 4.69) is 4.90 Å². The minimum Gasteiger partial charge on any atom is -0.336 e. The SMILES string of the molecule is Cc1nn(-c2ccccc2)c2c1C(C1CC1)N(C1CCN(C(=O)c3ccccc3Cl)C1)C2=O. The van der Waals surface area contributed by atoms with Gasteiger partial charge in [-0.25, -0.2) is 4.68 Å². The maximum absolute atomic E-state index is 13.9. The first-order chi connectivity index (χ1) is 16.0. The van der Waals surface area contributed by atoms with Crippen molar-refractivity contribution in [2.75, 3.05) is 13.1 Å². The van der Waals surface area contributed by atoms with Gasteiger partial charge in [0, 0.05) is 18.7 Å². The maximum atomic E-state index is 13.9. The summed E-state index contributed by atoms with van der Waals surface area (Å²) in [5.74, 6) is 0.431. The lowest BCUT2D eigenvalue weighted by atomic mass is 10.0. The summed E-state index contributed by atoms with van der Waals surface area (Å²) in [5, 5.41) is 5.22. The normalized spacial score (nSPS) is 22.2. The molecule has 2 aromatic carbocycles. The van der Waals surface area contributed by atoms with E-state index in [9.17, 15) is 9.59 Å². The lowest BCUT2D eigenvalue weighted by molar-refractivity contribution is 0.0579. The average Bonchev–Trinajstić information content (AvgIpc) is 3.33. The fraction of sp³-hybridized carbons (Fsp3) is 0.346. The number of benzene rings is 2. The zero-order valence-corrected chi connectivity index (χ0v) is 19.2. The molecule has 0 spiro atoms. The van der Waals surface area contributed by atoms with Crippen molar-refractivity contribution in [2.45, 2.75) is 38.3 Å². The molecule has 1 saturated carbocycles. The van der Waals surface area contributed by atoms with Crippen molar-refractivity contribution >= 4 is 23.4 Å². The van der Waals surface area contributed by atoms with Gasteiger partial charge >= 0.3 is 0 Å². The minimum absolute atomic E-state index is 0.00874. The number of aromatic nitrogens is 2. The first-order valence-corrected chi connectivity index (χ1v) is 11.9. The van der Waals surface area contributed by atoms with Crippen LogP contribution in [0.2, 0.25) is 5.02 Å². The highest BCUT2D eigenvalue weighted by atomic mass is 35.5. The molecule has 168 valence electrons. The summed E-state index contributed by atoms with van der Waals surface area (Å²) in [6.07, 6.45) is 3.02. The van der Waals surface area contributed by atoms with Gasteiger partial charge in [-0.1, -0.05) is 41.9 Å². The highest BCUT2D eigenvalue weighted by Crippen LogP contribution is 2.52. The van der Waals surface area contributed by atoms with E-state index in [-0.39, 0.29) is 23.9 Å². The number of hydrogen-bond acceptors (Lipinski definition) is 3. The van der Waals surface area contributed by atoms with E-state index in [0.717, 1.165) is 36.2 Å². The molecular weight excluding hydrogens is 436 g/mol. The Labute approximate surface area is 197 Å². The Bertz CT molecular complexity index is 1250. The maximum Gasteiger partial charge on any atom is 0.273 e. The van der Waals surface area contributed by atoms with Crippen LogP contribution in [0.4, 0.5) is 0 Å². The molecule has 1 aromatic heterocycles. The van der Waals surface area contributed by atoms with Crippen molar-refractivity contribution < 1.29 is 9.59 Å². The number of hydrogen-bond donors (Lipinski definition) is 0. The molecule has 7 heteroatoms. The second kappa shape index (κ2) is 7.73. The third-order valence-corrected chi connectivity index (χ3v) is 7.49. The van der Waals surface area contributed by atoms with Gasteiger partial charge in [-0.05, 0) is 56.4 Å². The van der Waals surface area contributed by atoms with Crippen LogP contribution in [0.25, 0.3) is 5.69 Å². The summed E-state index contributed by atoms with van der Waals surface area (Å²) in [6.45, 7) is 3.16. The Morgan fingerprint density at radius 3 is 2.48 bits per heavy atom. The van der Waals surface area contributed by atoms with E-state index in [1.807, 2.05) is 59.0 Å². The smallest absolute Gasteiger partial charge is 0.273 e. The van der Waals surface area contributed by atoms with Crippen LogP contribution in [-0.4, -0.2) is 50.5 Å². The molecule has 2 unspecified atom stereocenters. The van der Waals surface area contributed by atoms with Gasteiger partial charge in [0.2, 0.25) is 0 Å². The quantitative estimate of drug-likeness (QED) is 0.569. The van der Waals surface area contributed by atoms with Crippen molar-refractivity contribution in [2.24, 2.45) is 5.92 Å². The molecule has 2 atom stereocenters. The van der Waals surface area contributed by atoms with Gasteiger partial charge in [-0.3, -0.25) is 9.59 Å². The zero-order chi connectivity index (χ0) is 22.7. The molecule has 2 aliphatic heterocycles. The first-order valence-electron chi connectivity index (χ1n) is 11.6. The van der Waals surface area contributed by atoms with E-state index in [1.165, 1.54) is 0 Å². The van der Waals surface area contributed by atoms with Crippen molar-refractivity contribution in [1.29, 1.82) is 0 Å². The molecule has 6 rings (SSSR count).